The Bertz CT molecular complexity index is 521. The van der Waals surface area contributed by atoms with Crippen molar-refractivity contribution in [3.63, 3.8) is 0 Å². The Morgan fingerprint density at radius 3 is 2.06 bits per heavy atom. The van der Waals surface area contributed by atoms with E-state index in [4.69, 9.17) is 0 Å². The number of hydrogen-bond acceptors (Lipinski definition) is 2. The summed E-state index contributed by atoms with van der Waals surface area (Å²) in [5, 5.41) is 9.68. The fourth-order valence-electron chi connectivity index (χ4n) is 1.75. The van der Waals surface area contributed by atoms with E-state index in [1.807, 2.05) is 50.3 Å². The molecule has 1 N–H and O–H groups in total. The van der Waals surface area contributed by atoms with Crippen molar-refractivity contribution in [2.45, 2.75) is 13.8 Å². The number of aromatic nitrogens is 1. The normalized spacial score (nSPS) is 10.9. The first-order chi connectivity index (χ1) is 8.16. The van der Waals surface area contributed by atoms with Gasteiger partial charge in [-0.15, -0.1) is 0 Å². The predicted molar refractivity (Wildman–Crippen MR) is 70.7 cm³/mol. The van der Waals surface area contributed by atoms with Gasteiger partial charge in [0, 0.05) is 12.4 Å². The van der Waals surface area contributed by atoms with Crippen LogP contribution in [0, 0.1) is 13.8 Å². The molecule has 0 aliphatic rings. The van der Waals surface area contributed by atoms with Crippen LogP contribution in [-0.2, 0) is 0 Å². The Kier molecular flexibility index (Phi) is 3.24. The summed E-state index contributed by atoms with van der Waals surface area (Å²) >= 11 is 0. The summed E-state index contributed by atoms with van der Waals surface area (Å²) in [5.41, 5.74) is 4.01. The van der Waals surface area contributed by atoms with Crippen molar-refractivity contribution in [3.8, 4) is 5.75 Å². The van der Waals surface area contributed by atoms with Crippen molar-refractivity contribution in [3.05, 3.63) is 58.9 Å². The molecule has 0 aliphatic carbocycles. The number of aryl methyl sites for hydroxylation is 2. The van der Waals surface area contributed by atoms with E-state index in [2.05, 4.69) is 4.98 Å². The third-order valence-corrected chi connectivity index (χ3v) is 2.69. The van der Waals surface area contributed by atoms with E-state index in [1.165, 1.54) is 0 Å². The maximum absolute atomic E-state index is 9.68. The van der Waals surface area contributed by atoms with Crippen LogP contribution < -0.4 is 0 Å². The molecule has 1 aromatic heterocycles. The second-order valence-electron chi connectivity index (χ2n) is 4.12. The Morgan fingerprint density at radius 1 is 0.941 bits per heavy atom. The molecule has 0 bridgehead atoms. The van der Waals surface area contributed by atoms with Crippen LogP contribution in [0.5, 0.6) is 5.75 Å². The minimum absolute atomic E-state index is 0.381. The number of aromatic hydroxyl groups is 1. The summed E-state index contributed by atoms with van der Waals surface area (Å²) in [4.78, 5) is 3.97. The first-order valence-corrected chi connectivity index (χ1v) is 5.55. The van der Waals surface area contributed by atoms with E-state index >= 15 is 0 Å². The van der Waals surface area contributed by atoms with E-state index in [-0.39, 0.29) is 0 Å². The summed E-state index contributed by atoms with van der Waals surface area (Å²) in [6.45, 7) is 3.82. The molecule has 0 saturated carbocycles. The highest BCUT2D eigenvalue weighted by Crippen LogP contribution is 2.23. The fraction of sp³-hybridized carbons (Fsp3) is 0.133. The van der Waals surface area contributed by atoms with Gasteiger partial charge in [0.25, 0.3) is 0 Å². The maximum Gasteiger partial charge on any atom is 0.121 e. The summed E-state index contributed by atoms with van der Waals surface area (Å²) in [5.74, 6) is 0.381. The molecule has 2 aromatic rings. The minimum atomic E-state index is 0.381. The number of phenols is 1. The molecule has 0 unspecified atom stereocenters. The summed E-state index contributed by atoms with van der Waals surface area (Å²) in [6, 6.07) is 7.85. The standard InChI is InChI=1S/C15H15NO/c1-11-9-14(10-12(2)15(11)17)4-3-13-5-7-16-8-6-13/h3-10,17H,1-2H3. The summed E-state index contributed by atoms with van der Waals surface area (Å²) in [6.07, 6.45) is 7.61. The van der Waals surface area contributed by atoms with Gasteiger partial charge in [-0.3, -0.25) is 4.98 Å². The lowest BCUT2D eigenvalue weighted by Crippen LogP contribution is -1.83. The van der Waals surface area contributed by atoms with E-state index in [9.17, 15) is 5.11 Å². The molecule has 2 heteroatoms. The predicted octanol–water partition coefficient (Wildman–Crippen LogP) is 3.57. The van der Waals surface area contributed by atoms with Crippen molar-refractivity contribution in [1.29, 1.82) is 0 Å². The maximum atomic E-state index is 9.68. The smallest absolute Gasteiger partial charge is 0.121 e. The quantitative estimate of drug-likeness (QED) is 0.847. The summed E-state index contributed by atoms with van der Waals surface area (Å²) in [7, 11) is 0. The second-order valence-corrected chi connectivity index (χ2v) is 4.12. The molecule has 0 fully saturated rings. The number of benzene rings is 1. The lowest BCUT2D eigenvalue weighted by Gasteiger charge is -2.04. The van der Waals surface area contributed by atoms with E-state index in [0.717, 1.165) is 22.3 Å². The third-order valence-electron chi connectivity index (χ3n) is 2.69. The van der Waals surface area contributed by atoms with Gasteiger partial charge in [0.2, 0.25) is 0 Å². The molecule has 17 heavy (non-hydrogen) atoms. The van der Waals surface area contributed by atoms with Crippen LogP contribution in [0.15, 0.2) is 36.7 Å². The van der Waals surface area contributed by atoms with Gasteiger partial charge in [-0.25, -0.2) is 0 Å². The van der Waals surface area contributed by atoms with Crippen LogP contribution in [-0.4, -0.2) is 10.1 Å². The van der Waals surface area contributed by atoms with Crippen molar-refractivity contribution in [2.24, 2.45) is 0 Å². The Morgan fingerprint density at radius 2 is 1.47 bits per heavy atom. The highest BCUT2D eigenvalue weighted by Gasteiger charge is 2.00. The molecule has 0 aliphatic heterocycles. The lowest BCUT2D eigenvalue weighted by atomic mass is 10.0. The third kappa shape index (κ3) is 2.72. The SMILES string of the molecule is Cc1cc(C=Cc2ccncc2)cc(C)c1O. The van der Waals surface area contributed by atoms with Crippen molar-refractivity contribution in [1.82, 2.24) is 4.98 Å². The van der Waals surface area contributed by atoms with Gasteiger partial charge in [0.1, 0.15) is 5.75 Å². The summed E-state index contributed by atoms with van der Waals surface area (Å²) < 4.78 is 0. The number of nitrogens with zero attached hydrogens (tertiary/aromatic N) is 1. The Labute approximate surface area is 101 Å². The zero-order valence-corrected chi connectivity index (χ0v) is 10.0. The average Bonchev–Trinajstić information content (AvgIpc) is 2.34. The number of phenolic OH excluding ortho intramolecular Hbond substituents is 1. The first kappa shape index (κ1) is 11.4. The van der Waals surface area contributed by atoms with Gasteiger partial charge >= 0.3 is 0 Å². The minimum Gasteiger partial charge on any atom is -0.507 e. The van der Waals surface area contributed by atoms with Crippen LogP contribution in [0.1, 0.15) is 22.3 Å². The highest BCUT2D eigenvalue weighted by molar-refractivity contribution is 5.70. The van der Waals surface area contributed by atoms with Gasteiger partial charge in [-0.05, 0) is 60.4 Å². The zero-order chi connectivity index (χ0) is 12.3. The zero-order valence-electron chi connectivity index (χ0n) is 10.0. The molecular formula is C15H15NO. The van der Waals surface area contributed by atoms with E-state index in [0.29, 0.717) is 5.75 Å². The van der Waals surface area contributed by atoms with Gasteiger partial charge in [0.15, 0.2) is 0 Å². The first-order valence-electron chi connectivity index (χ1n) is 5.55. The van der Waals surface area contributed by atoms with Crippen LogP contribution in [0.4, 0.5) is 0 Å². The van der Waals surface area contributed by atoms with Crippen molar-refractivity contribution < 1.29 is 5.11 Å². The van der Waals surface area contributed by atoms with Gasteiger partial charge in [0.05, 0.1) is 0 Å². The van der Waals surface area contributed by atoms with Gasteiger partial charge < -0.3 is 5.11 Å². The van der Waals surface area contributed by atoms with Crippen LogP contribution >= 0.6 is 0 Å². The molecule has 0 amide bonds. The van der Waals surface area contributed by atoms with Crippen molar-refractivity contribution >= 4 is 12.2 Å². The second kappa shape index (κ2) is 4.83. The monoisotopic (exact) mass is 225 g/mol. The van der Waals surface area contributed by atoms with E-state index < -0.39 is 0 Å². The molecule has 0 radical (unpaired) electrons. The number of rotatable bonds is 2. The van der Waals surface area contributed by atoms with Crippen LogP contribution in [0.2, 0.25) is 0 Å². The molecule has 0 spiro atoms. The highest BCUT2D eigenvalue weighted by atomic mass is 16.3. The molecular weight excluding hydrogens is 210 g/mol. The molecule has 1 aromatic carbocycles. The Hall–Kier alpha value is -2.09. The van der Waals surface area contributed by atoms with Gasteiger partial charge in [-0.1, -0.05) is 12.2 Å². The number of hydrogen-bond donors (Lipinski definition) is 1. The fourth-order valence-corrected chi connectivity index (χ4v) is 1.75. The van der Waals surface area contributed by atoms with Crippen LogP contribution in [0.25, 0.3) is 12.2 Å². The molecule has 0 saturated heterocycles. The lowest BCUT2D eigenvalue weighted by molar-refractivity contribution is 0.467. The molecule has 2 nitrogen and oxygen atoms in total. The van der Waals surface area contributed by atoms with Crippen molar-refractivity contribution in [2.75, 3.05) is 0 Å². The molecule has 86 valence electrons. The van der Waals surface area contributed by atoms with Gasteiger partial charge in [-0.2, -0.15) is 0 Å². The Balaban J connectivity index is 2.28. The molecule has 2 rings (SSSR count). The average molecular weight is 225 g/mol. The number of pyridine rings is 1. The topological polar surface area (TPSA) is 33.1 Å². The molecule has 1 heterocycles. The largest absolute Gasteiger partial charge is 0.507 e. The van der Waals surface area contributed by atoms with Crippen LogP contribution in [0.3, 0.4) is 0 Å². The van der Waals surface area contributed by atoms with E-state index in [1.54, 1.807) is 12.4 Å². The molecule has 0 atom stereocenters.